The molecule has 12 heavy (non-hydrogen) atoms. The Hall–Kier alpha value is -0.500. The van der Waals surface area contributed by atoms with Crippen molar-refractivity contribution in [2.75, 3.05) is 6.54 Å². The first-order valence-corrected chi connectivity index (χ1v) is 4.98. The molecule has 2 atom stereocenters. The summed E-state index contributed by atoms with van der Waals surface area (Å²) in [6, 6.07) is 0.414. The molecule has 68 valence electrons. The Morgan fingerprint density at radius 3 is 2.75 bits per heavy atom. The lowest BCUT2D eigenvalue weighted by atomic mass is 9.92. The normalized spacial score (nSPS) is 35.9. The largest absolute Gasteiger partial charge is 0.391 e. The number of nitrogens with zero attached hydrogens (tertiary/aromatic N) is 1. The molecule has 0 unspecified atom stereocenters. The third kappa shape index (κ3) is 1.48. The predicted molar refractivity (Wildman–Crippen MR) is 48.7 cm³/mol. The molecule has 1 fully saturated rings. The standard InChI is InChI=1S/C10H17NO/c12-10-6-2-1-5-9(10)11-7-3-4-8-11/h3,7,9-10,12H,1-2,4-6,8H2/t9-,10-/m1/s1. The molecule has 1 aliphatic heterocycles. The topological polar surface area (TPSA) is 23.5 Å². The zero-order valence-electron chi connectivity index (χ0n) is 7.45. The maximum atomic E-state index is 9.75. The van der Waals surface area contributed by atoms with Gasteiger partial charge in [-0.2, -0.15) is 0 Å². The van der Waals surface area contributed by atoms with Crippen molar-refractivity contribution in [1.82, 2.24) is 4.90 Å². The summed E-state index contributed by atoms with van der Waals surface area (Å²) in [5.74, 6) is 0. The van der Waals surface area contributed by atoms with Crippen LogP contribution in [0.15, 0.2) is 12.3 Å². The van der Waals surface area contributed by atoms with Gasteiger partial charge in [-0.1, -0.05) is 18.9 Å². The van der Waals surface area contributed by atoms with Gasteiger partial charge >= 0.3 is 0 Å². The number of aliphatic hydroxyl groups excluding tert-OH is 1. The van der Waals surface area contributed by atoms with E-state index in [4.69, 9.17) is 0 Å². The SMILES string of the molecule is O[C@@H]1CCCC[C@H]1N1C=CCC1. The highest BCUT2D eigenvalue weighted by atomic mass is 16.3. The molecule has 0 aromatic carbocycles. The summed E-state index contributed by atoms with van der Waals surface area (Å²) >= 11 is 0. The fourth-order valence-electron chi connectivity index (χ4n) is 2.26. The van der Waals surface area contributed by atoms with Crippen molar-refractivity contribution in [2.24, 2.45) is 0 Å². The van der Waals surface area contributed by atoms with Crippen LogP contribution in [0.4, 0.5) is 0 Å². The Kier molecular flexibility index (Phi) is 2.35. The molecule has 2 heteroatoms. The molecule has 1 saturated carbocycles. The minimum absolute atomic E-state index is 0.0819. The van der Waals surface area contributed by atoms with Gasteiger partial charge in [-0.3, -0.25) is 0 Å². The van der Waals surface area contributed by atoms with E-state index in [9.17, 15) is 5.11 Å². The highest BCUT2D eigenvalue weighted by Gasteiger charge is 2.27. The quantitative estimate of drug-likeness (QED) is 0.640. The van der Waals surface area contributed by atoms with Gasteiger partial charge in [0.05, 0.1) is 12.1 Å². The van der Waals surface area contributed by atoms with Crippen molar-refractivity contribution in [1.29, 1.82) is 0 Å². The van der Waals surface area contributed by atoms with Gasteiger partial charge in [0, 0.05) is 6.54 Å². The molecular formula is C10H17NO. The second-order valence-corrected chi connectivity index (χ2v) is 3.83. The number of aliphatic hydroxyl groups is 1. The zero-order chi connectivity index (χ0) is 8.39. The van der Waals surface area contributed by atoms with Crippen molar-refractivity contribution in [3.63, 3.8) is 0 Å². The summed E-state index contributed by atoms with van der Waals surface area (Å²) in [4.78, 5) is 2.31. The molecule has 0 spiro atoms. The lowest BCUT2D eigenvalue weighted by molar-refractivity contribution is 0.0455. The summed E-state index contributed by atoms with van der Waals surface area (Å²) < 4.78 is 0. The summed E-state index contributed by atoms with van der Waals surface area (Å²) in [6.45, 7) is 1.11. The average Bonchev–Trinajstić information content (AvgIpc) is 2.57. The molecule has 2 nitrogen and oxygen atoms in total. The van der Waals surface area contributed by atoms with E-state index >= 15 is 0 Å². The minimum Gasteiger partial charge on any atom is -0.391 e. The monoisotopic (exact) mass is 167 g/mol. The second kappa shape index (κ2) is 3.48. The molecule has 0 aromatic heterocycles. The first kappa shape index (κ1) is 8.11. The van der Waals surface area contributed by atoms with E-state index < -0.39 is 0 Å². The summed E-state index contributed by atoms with van der Waals surface area (Å²) in [6.07, 6.45) is 10.1. The fourth-order valence-corrected chi connectivity index (χ4v) is 2.26. The van der Waals surface area contributed by atoms with E-state index in [0.717, 1.165) is 19.4 Å². The zero-order valence-corrected chi connectivity index (χ0v) is 7.45. The van der Waals surface area contributed by atoms with Crippen LogP contribution in [0, 0.1) is 0 Å². The summed E-state index contributed by atoms with van der Waals surface area (Å²) in [5, 5.41) is 9.75. The average molecular weight is 167 g/mol. The van der Waals surface area contributed by atoms with Crippen molar-refractivity contribution in [3.05, 3.63) is 12.3 Å². The molecule has 0 radical (unpaired) electrons. The van der Waals surface area contributed by atoms with Crippen LogP contribution in [0.5, 0.6) is 0 Å². The van der Waals surface area contributed by atoms with Gasteiger partial charge in [0.15, 0.2) is 0 Å². The van der Waals surface area contributed by atoms with Gasteiger partial charge in [-0.25, -0.2) is 0 Å². The lowest BCUT2D eigenvalue weighted by Gasteiger charge is -2.35. The molecule has 0 amide bonds. The Morgan fingerprint density at radius 2 is 2.08 bits per heavy atom. The van der Waals surface area contributed by atoms with Gasteiger partial charge in [-0.15, -0.1) is 0 Å². The van der Waals surface area contributed by atoms with E-state index in [1.807, 2.05) is 0 Å². The van der Waals surface area contributed by atoms with Crippen LogP contribution in [-0.4, -0.2) is 28.7 Å². The van der Waals surface area contributed by atoms with E-state index in [1.165, 1.54) is 19.3 Å². The van der Waals surface area contributed by atoms with Gasteiger partial charge in [0.1, 0.15) is 0 Å². The van der Waals surface area contributed by atoms with E-state index in [-0.39, 0.29) is 6.10 Å². The molecule has 0 aromatic rings. The first-order chi connectivity index (χ1) is 5.88. The van der Waals surface area contributed by atoms with Gasteiger partial charge in [0.25, 0.3) is 0 Å². The van der Waals surface area contributed by atoms with Gasteiger partial charge in [0.2, 0.25) is 0 Å². The van der Waals surface area contributed by atoms with E-state index in [1.54, 1.807) is 0 Å². The van der Waals surface area contributed by atoms with Crippen molar-refractivity contribution >= 4 is 0 Å². The smallest absolute Gasteiger partial charge is 0.0743 e. The summed E-state index contributed by atoms with van der Waals surface area (Å²) in [7, 11) is 0. The van der Waals surface area contributed by atoms with E-state index in [2.05, 4.69) is 17.2 Å². The van der Waals surface area contributed by atoms with Gasteiger partial charge < -0.3 is 10.0 Å². The van der Waals surface area contributed by atoms with Crippen LogP contribution in [0.3, 0.4) is 0 Å². The van der Waals surface area contributed by atoms with Crippen LogP contribution in [0.1, 0.15) is 32.1 Å². The lowest BCUT2D eigenvalue weighted by Crippen LogP contribution is -2.41. The third-order valence-corrected chi connectivity index (χ3v) is 2.97. The molecule has 1 N–H and O–H groups in total. The highest BCUT2D eigenvalue weighted by molar-refractivity contribution is 4.97. The first-order valence-electron chi connectivity index (χ1n) is 4.98. The molecule has 2 aliphatic rings. The van der Waals surface area contributed by atoms with E-state index in [0.29, 0.717) is 6.04 Å². The molecule has 0 bridgehead atoms. The minimum atomic E-state index is -0.0819. The molecular weight excluding hydrogens is 150 g/mol. The maximum Gasteiger partial charge on any atom is 0.0743 e. The molecule has 0 saturated heterocycles. The molecule has 1 heterocycles. The van der Waals surface area contributed by atoms with Gasteiger partial charge in [-0.05, 0) is 25.5 Å². The van der Waals surface area contributed by atoms with Crippen molar-refractivity contribution in [2.45, 2.75) is 44.2 Å². The van der Waals surface area contributed by atoms with Crippen molar-refractivity contribution in [3.8, 4) is 0 Å². The molecule has 1 aliphatic carbocycles. The molecule has 2 rings (SSSR count). The van der Waals surface area contributed by atoms with Crippen LogP contribution in [0.2, 0.25) is 0 Å². The Morgan fingerprint density at radius 1 is 1.25 bits per heavy atom. The third-order valence-electron chi connectivity index (χ3n) is 2.97. The summed E-state index contributed by atoms with van der Waals surface area (Å²) in [5.41, 5.74) is 0. The van der Waals surface area contributed by atoms with Crippen molar-refractivity contribution < 1.29 is 5.11 Å². The number of hydrogen-bond donors (Lipinski definition) is 1. The second-order valence-electron chi connectivity index (χ2n) is 3.83. The fraction of sp³-hybridized carbons (Fsp3) is 0.800. The number of hydrogen-bond acceptors (Lipinski definition) is 2. The highest BCUT2D eigenvalue weighted by Crippen LogP contribution is 2.25. The Bertz CT molecular complexity index is 179. The number of rotatable bonds is 1. The Balaban J connectivity index is 1.95. The van der Waals surface area contributed by atoms with Crippen LogP contribution >= 0.6 is 0 Å². The van der Waals surface area contributed by atoms with Crippen LogP contribution in [-0.2, 0) is 0 Å². The maximum absolute atomic E-state index is 9.75. The van der Waals surface area contributed by atoms with Crippen LogP contribution in [0.25, 0.3) is 0 Å². The Labute approximate surface area is 73.9 Å². The van der Waals surface area contributed by atoms with Crippen LogP contribution < -0.4 is 0 Å². The predicted octanol–water partition coefficient (Wildman–Crippen LogP) is 1.51.